The maximum absolute atomic E-state index is 12.4. The molecule has 2 aromatic carbocycles. The molecule has 4 nitrogen and oxygen atoms in total. The number of rotatable bonds is 2. The van der Waals surface area contributed by atoms with Crippen LogP contribution in [0.2, 0.25) is 0 Å². The highest BCUT2D eigenvalue weighted by atomic mass is 16.5. The predicted molar refractivity (Wildman–Crippen MR) is 83.5 cm³/mol. The Morgan fingerprint density at radius 3 is 2.27 bits per heavy atom. The Morgan fingerprint density at radius 1 is 1.00 bits per heavy atom. The lowest BCUT2D eigenvalue weighted by Crippen LogP contribution is -2.33. The molecule has 0 radical (unpaired) electrons. The van der Waals surface area contributed by atoms with Crippen LogP contribution in [0.1, 0.15) is 30.0 Å². The van der Waals surface area contributed by atoms with Gasteiger partial charge < -0.3 is 9.64 Å². The van der Waals surface area contributed by atoms with Gasteiger partial charge in [-0.1, -0.05) is 48.5 Å². The standard InChI is InChI=1S/C18H17NO3/c1-12(20)19-15-11-7-6-10-14(15)16(18(21)22-2)17(19)13-8-4-3-5-9-13/h3-11,16-17H,1-2H3/t16-,17+/m0/s1. The van der Waals surface area contributed by atoms with E-state index < -0.39 is 5.92 Å². The summed E-state index contributed by atoms with van der Waals surface area (Å²) in [6, 6.07) is 16.7. The van der Waals surface area contributed by atoms with Crippen LogP contribution in [0.3, 0.4) is 0 Å². The number of fused-ring (bicyclic) bond motifs is 1. The molecule has 4 heteroatoms. The molecule has 22 heavy (non-hydrogen) atoms. The van der Waals surface area contributed by atoms with Crippen LogP contribution in [0.25, 0.3) is 0 Å². The minimum Gasteiger partial charge on any atom is -0.468 e. The second kappa shape index (κ2) is 5.64. The topological polar surface area (TPSA) is 46.6 Å². The highest BCUT2D eigenvalue weighted by Gasteiger charge is 2.45. The summed E-state index contributed by atoms with van der Waals surface area (Å²) >= 11 is 0. The van der Waals surface area contributed by atoms with Crippen molar-refractivity contribution in [1.29, 1.82) is 0 Å². The zero-order chi connectivity index (χ0) is 15.7. The normalized spacial score (nSPS) is 19.6. The van der Waals surface area contributed by atoms with E-state index in [2.05, 4.69) is 0 Å². The van der Waals surface area contributed by atoms with Gasteiger partial charge in [-0.15, -0.1) is 0 Å². The highest BCUT2D eigenvalue weighted by molar-refractivity contribution is 5.99. The second-order valence-corrected chi connectivity index (χ2v) is 5.30. The summed E-state index contributed by atoms with van der Waals surface area (Å²) in [6.45, 7) is 1.52. The highest BCUT2D eigenvalue weighted by Crippen LogP contribution is 2.49. The molecule has 0 aliphatic carbocycles. The van der Waals surface area contributed by atoms with Crippen molar-refractivity contribution in [2.75, 3.05) is 12.0 Å². The average Bonchev–Trinajstić information content (AvgIpc) is 2.90. The van der Waals surface area contributed by atoms with Gasteiger partial charge in [0.1, 0.15) is 5.92 Å². The summed E-state index contributed by atoms with van der Waals surface area (Å²) in [5.41, 5.74) is 2.53. The summed E-state index contributed by atoms with van der Waals surface area (Å²) < 4.78 is 4.99. The van der Waals surface area contributed by atoms with Gasteiger partial charge in [0, 0.05) is 12.6 Å². The molecule has 0 unspecified atom stereocenters. The number of methoxy groups -OCH3 is 1. The van der Waals surface area contributed by atoms with Gasteiger partial charge in [0.25, 0.3) is 0 Å². The first kappa shape index (κ1) is 14.3. The molecule has 2 atom stereocenters. The van der Waals surface area contributed by atoms with Gasteiger partial charge in [-0.25, -0.2) is 0 Å². The number of esters is 1. The van der Waals surface area contributed by atoms with Gasteiger partial charge in [0.2, 0.25) is 5.91 Å². The maximum atomic E-state index is 12.4. The van der Waals surface area contributed by atoms with Crippen molar-refractivity contribution in [2.45, 2.75) is 18.9 Å². The Hall–Kier alpha value is -2.62. The van der Waals surface area contributed by atoms with Gasteiger partial charge >= 0.3 is 5.97 Å². The molecule has 0 N–H and O–H groups in total. The van der Waals surface area contributed by atoms with Gasteiger partial charge in [-0.05, 0) is 17.2 Å². The number of benzene rings is 2. The Morgan fingerprint density at radius 2 is 1.64 bits per heavy atom. The van der Waals surface area contributed by atoms with Crippen LogP contribution in [0, 0.1) is 0 Å². The largest absolute Gasteiger partial charge is 0.468 e. The van der Waals surface area contributed by atoms with Crippen molar-refractivity contribution in [3.05, 3.63) is 65.7 Å². The fourth-order valence-electron chi connectivity index (χ4n) is 3.18. The minimum absolute atomic E-state index is 0.0901. The lowest BCUT2D eigenvalue weighted by atomic mass is 9.90. The van der Waals surface area contributed by atoms with E-state index in [0.29, 0.717) is 0 Å². The molecular weight excluding hydrogens is 278 g/mol. The van der Waals surface area contributed by atoms with E-state index in [-0.39, 0.29) is 17.9 Å². The van der Waals surface area contributed by atoms with Crippen LogP contribution in [-0.2, 0) is 14.3 Å². The quantitative estimate of drug-likeness (QED) is 0.800. The molecule has 0 saturated carbocycles. The summed E-state index contributed by atoms with van der Waals surface area (Å²) in [6.07, 6.45) is 0. The number of nitrogens with zero attached hydrogens (tertiary/aromatic N) is 1. The first-order valence-corrected chi connectivity index (χ1v) is 7.16. The third-order valence-corrected chi connectivity index (χ3v) is 4.06. The third kappa shape index (κ3) is 2.17. The Bertz CT molecular complexity index is 711. The van der Waals surface area contributed by atoms with Crippen LogP contribution >= 0.6 is 0 Å². The minimum atomic E-state index is -0.507. The van der Waals surface area contributed by atoms with Crippen LogP contribution in [0.4, 0.5) is 5.69 Å². The molecule has 1 aliphatic heterocycles. The van der Waals surface area contributed by atoms with Crippen molar-refractivity contribution < 1.29 is 14.3 Å². The fraction of sp³-hybridized carbons (Fsp3) is 0.222. The lowest BCUT2D eigenvalue weighted by molar-refractivity contribution is -0.142. The van der Waals surface area contributed by atoms with E-state index in [1.54, 1.807) is 4.90 Å². The molecule has 0 fully saturated rings. The SMILES string of the molecule is COC(=O)[C@H]1c2ccccc2N(C(C)=O)[C@@H]1c1ccccc1. The molecule has 0 aromatic heterocycles. The number of anilines is 1. The molecule has 3 rings (SSSR count). The first-order chi connectivity index (χ1) is 10.6. The third-order valence-electron chi connectivity index (χ3n) is 4.06. The Balaban J connectivity index is 2.20. The van der Waals surface area contributed by atoms with Crippen LogP contribution < -0.4 is 4.90 Å². The van der Waals surface area contributed by atoms with E-state index in [1.807, 2.05) is 54.6 Å². The molecule has 2 aromatic rings. The summed E-state index contributed by atoms with van der Waals surface area (Å²) in [7, 11) is 1.38. The van der Waals surface area contributed by atoms with E-state index in [1.165, 1.54) is 14.0 Å². The number of hydrogen-bond donors (Lipinski definition) is 0. The van der Waals surface area contributed by atoms with E-state index in [4.69, 9.17) is 4.74 Å². The van der Waals surface area contributed by atoms with E-state index in [9.17, 15) is 9.59 Å². The molecule has 0 saturated heterocycles. The summed E-state index contributed by atoms with van der Waals surface area (Å²) in [5, 5.41) is 0. The number of para-hydroxylation sites is 1. The molecule has 1 heterocycles. The Labute approximate surface area is 129 Å². The molecule has 0 bridgehead atoms. The smallest absolute Gasteiger partial charge is 0.315 e. The molecule has 1 aliphatic rings. The van der Waals surface area contributed by atoms with Crippen molar-refractivity contribution in [3.8, 4) is 0 Å². The van der Waals surface area contributed by atoms with E-state index >= 15 is 0 Å². The number of hydrogen-bond acceptors (Lipinski definition) is 3. The maximum Gasteiger partial charge on any atom is 0.315 e. The van der Waals surface area contributed by atoms with Crippen LogP contribution in [0.15, 0.2) is 54.6 Å². The van der Waals surface area contributed by atoms with Gasteiger partial charge in [-0.3, -0.25) is 9.59 Å². The van der Waals surface area contributed by atoms with Crippen molar-refractivity contribution in [2.24, 2.45) is 0 Å². The lowest BCUT2D eigenvalue weighted by Gasteiger charge is -2.27. The zero-order valence-corrected chi connectivity index (χ0v) is 12.5. The van der Waals surface area contributed by atoms with Gasteiger partial charge in [0.05, 0.1) is 13.2 Å². The number of carbonyl (C=O) groups excluding carboxylic acids is 2. The predicted octanol–water partition coefficient (Wildman–Crippen LogP) is 3.05. The van der Waals surface area contributed by atoms with Crippen molar-refractivity contribution >= 4 is 17.6 Å². The van der Waals surface area contributed by atoms with Gasteiger partial charge in [0.15, 0.2) is 0 Å². The molecule has 112 valence electrons. The van der Waals surface area contributed by atoms with Gasteiger partial charge in [-0.2, -0.15) is 0 Å². The van der Waals surface area contributed by atoms with Crippen LogP contribution in [-0.4, -0.2) is 19.0 Å². The number of carbonyl (C=O) groups is 2. The molecule has 1 amide bonds. The number of ether oxygens (including phenoxy) is 1. The van der Waals surface area contributed by atoms with Crippen molar-refractivity contribution in [3.63, 3.8) is 0 Å². The first-order valence-electron chi connectivity index (χ1n) is 7.16. The van der Waals surface area contributed by atoms with Crippen LogP contribution in [0.5, 0.6) is 0 Å². The summed E-state index contributed by atoms with van der Waals surface area (Å²) in [4.78, 5) is 26.3. The second-order valence-electron chi connectivity index (χ2n) is 5.30. The molecular formula is C18H17NO3. The number of amides is 1. The summed E-state index contributed by atoms with van der Waals surface area (Å²) in [5.74, 6) is -0.926. The Kier molecular flexibility index (Phi) is 3.67. The van der Waals surface area contributed by atoms with E-state index in [0.717, 1.165) is 16.8 Å². The monoisotopic (exact) mass is 295 g/mol. The van der Waals surface area contributed by atoms with Crippen molar-refractivity contribution in [1.82, 2.24) is 0 Å². The average molecular weight is 295 g/mol. The zero-order valence-electron chi connectivity index (χ0n) is 12.5. The molecule has 0 spiro atoms. The fourth-order valence-corrected chi connectivity index (χ4v) is 3.18.